The van der Waals surface area contributed by atoms with Gasteiger partial charge in [0.15, 0.2) is 11.6 Å². The van der Waals surface area contributed by atoms with E-state index in [0.29, 0.717) is 23.3 Å². The predicted molar refractivity (Wildman–Crippen MR) is 83.8 cm³/mol. The van der Waals surface area contributed by atoms with Crippen LogP contribution in [0.3, 0.4) is 0 Å². The minimum absolute atomic E-state index is 0.439. The van der Waals surface area contributed by atoms with Crippen LogP contribution in [-0.4, -0.2) is 29.0 Å². The summed E-state index contributed by atoms with van der Waals surface area (Å²) in [4.78, 5) is 10.7. The van der Waals surface area contributed by atoms with Crippen molar-refractivity contribution in [2.45, 2.75) is 6.54 Å². The molecule has 108 valence electrons. The monoisotopic (exact) mass is 302 g/mol. The number of aromatic nitrogens is 2. The summed E-state index contributed by atoms with van der Waals surface area (Å²) in [6.45, 7) is 4.80. The Morgan fingerprint density at radius 2 is 2.29 bits per heavy atom. The fourth-order valence-electron chi connectivity index (χ4n) is 2.39. The maximum Gasteiger partial charge on any atom is 0.173 e. The van der Waals surface area contributed by atoms with Crippen LogP contribution in [0.4, 0.5) is 11.5 Å². The van der Waals surface area contributed by atoms with E-state index in [-0.39, 0.29) is 0 Å². The van der Waals surface area contributed by atoms with E-state index in [0.717, 1.165) is 22.6 Å². The fraction of sp³-hybridized carbons (Fsp3) is 0.200. The molecule has 5 nitrogen and oxygen atoms in total. The molecule has 3 heterocycles. The van der Waals surface area contributed by atoms with E-state index in [9.17, 15) is 0 Å². The van der Waals surface area contributed by atoms with E-state index in [2.05, 4.69) is 21.9 Å². The smallest absolute Gasteiger partial charge is 0.173 e. The van der Waals surface area contributed by atoms with Gasteiger partial charge in [0.05, 0.1) is 25.0 Å². The van der Waals surface area contributed by atoms with Crippen molar-refractivity contribution < 1.29 is 4.74 Å². The number of anilines is 2. The number of nitrogens with zero attached hydrogens (tertiary/aromatic N) is 3. The number of rotatable bonds is 3. The Morgan fingerprint density at radius 3 is 3.05 bits per heavy atom. The second kappa shape index (κ2) is 5.26. The molecule has 2 aromatic heterocycles. The summed E-state index contributed by atoms with van der Waals surface area (Å²) in [5.41, 5.74) is 3.62. The number of hydrogen-bond donors (Lipinski definition) is 1. The normalized spacial score (nSPS) is 13.3. The molecule has 0 bridgehead atoms. The zero-order valence-corrected chi connectivity index (χ0v) is 12.6. The highest BCUT2D eigenvalue weighted by atomic mass is 35.5. The minimum atomic E-state index is 0.439. The van der Waals surface area contributed by atoms with Gasteiger partial charge >= 0.3 is 0 Å². The summed E-state index contributed by atoms with van der Waals surface area (Å²) in [5.74, 6) is 1.29. The van der Waals surface area contributed by atoms with Crippen LogP contribution in [0, 0.1) is 0 Å². The highest BCUT2D eigenvalue weighted by molar-refractivity contribution is 6.29. The molecule has 6 heteroatoms. The maximum atomic E-state index is 6.11. The first kappa shape index (κ1) is 13.7. The van der Waals surface area contributed by atoms with Crippen LogP contribution in [-0.2, 0) is 6.54 Å². The number of fused-ring (bicyclic) bond motifs is 1. The van der Waals surface area contributed by atoms with Crippen molar-refractivity contribution in [3.8, 4) is 5.75 Å². The molecule has 0 saturated carbocycles. The van der Waals surface area contributed by atoms with E-state index in [1.807, 2.05) is 24.1 Å². The van der Waals surface area contributed by atoms with Crippen LogP contribution >= 0.6 is 11.6 Å². The molecule has 0 amide bonds. The van der Waals surface area contributed by atoms with E-state index >= 15 is 0 Å². The van der Waals surface area contributed by atoms with E-state index in [1.54, 1.807) is 19.4 Å². The van der Waals surface area contributed by atoms with Gasteiger partial charge in [0.2, 0.25) is 0 Å². The number of pyridine rings is 2. The predicted octanol–water partition coefficient (Wildman–Crippen LogP) is 3.30. The molecule has 3 rings (SSSR count). The molecule has 0 saturated heterocycles. The molecule has 0 aromatic carbocycles. The summed E-state index contributed by atoms with van der Waals surface area (Å²) < 4.78 is 5.31. The maximum absolute atomic E-state index is 6.11. The zero-order valence-electron chi connectivity index (χ0n) is 11.9. The first-order valence-electron chi connectivity index (χ1n) is 6.46. The first-order valence-corrected chi connectivity index (χ1v) is 6.84. The van der Waals surface area contributed by atoms with Crippen LogP contribution in [0.25, 0.3) is 5.70 Å². The average molecular weight is 303 g/mol. The standard InChI is InChI=1S/C15H15ClN4O/c1-9-14-10(7-13(16)18-11(14)8-20(9)2)19-15-12(21-3)5-4-6-17-15/h4-7H,1,8H2,2-3H3,(H,17,18,19). The Morgan fingerprint density at radius 1 is 1.48 bits per heavy atom. The Kier molecular flexibility index (Phi) is 3.43. The lowest BCUT2D eigenvalue weighted by atomic mass is 10.1. The average Bonchev–Trinajstić information content (AvgIpc) is 2.74. The van der Waals surface area contributed by atoms with Crippen molar-refractivity contribution in [1.82, 2.24) is 14.9 Å². The Hall–Kier alpha value is -2.27. The molecule has 2 aromatic rings. The Balaban J connectivity index is 2.06. The molecule has 1 aliphatic rings. The van der Waals surface area contributed by atoms with Crippen molar-refractivity contribution in [3.05, 3.63) is 47.4 Å². The molecular formula is C15H15ClN4O. The van der Waals surface area contributed by atoms with Crippen LogP contribution in [0.15, 0.2) is 31.0 Å². The van der Waals surface area contributed by atoms with E-state index < -0.39 is 0 Å². The minimum Gasteiger partial charge on any atom is -0.493 e. The number of ether oxygens (including phenoxy) is 1. The molecule has 1 aliphatic heterocycles. The summed E-state index contributed by atoms with van der Waals surface area (Å²) in [6, 6.07) is 5.44. The van der Waals surface area contributed by atoms with Gasteiger partial charge in [-0.1, -0.05) is 18.2 Å². The summed E-state index contributed by atoms with van der Waals surface area (Å²) in [5, 5.41) is 3.71. The summed E-state index contributed by atoms with van der Waals surface area (Å²) >= 11 is 6.11. The summed E-state index contributed by atoms with van der Waals surface area (Å²) in [7, 11) is 3.59. The van der Waals surface area contributed by atoms with Crippen molar-refractivity contribution in [1.29, 1.82) is 0 Å². The van der Waals surface area contributed by atoms with Crippen LogP contribution in [0.2, 0.25) is 5.15 Å². The lowest BCUT2D eigenvalue weighted by molar-refractivity contribution is 0.415. The highest BCUT2D eigenvalue weighted by Gasteiger charge is 2.25. The third kappa shape index (κ3) is 2.40. The van der Waals surface area contributed by atoms with Gasteiger partial charge in [0.25, 0.3) is 0 Å². The van der Waals surface area contributed by atoms with Gasteiger partial charge in [-0.25, -0.2) is 9.97 Å². The molecule has 1 N–H and O–H groups in total. The van der Waals surface area contributed by atoms with Crippen molar-refractivity contribution in [3.63, 3.8) is 0 Å². The molecule has 0 spiro atoms. The summed E-state index contributed by atoms with van der Waals surface area (Å²) in [6.07, 6.45) is 1.70. The van der Waals surface area contributed by atoms with Gasteiger partial charge in [0.1, 0.15) is 5.15 Å². The lowest BCUT2D eigenvalue weighted by Crippen LogP contribution is -2.06. The molecular weight excluding hydrogens is 288 g/mol. The zero-order chi connectivity index (χ0) is 15.0. The number of methoxy groups -OCH3 is 1. The first-order chi connectivity index (χ1) is 10.1. The highest BCUT2D eigenvalue weighted by Crippen LogP contribution is 2.38. The van der Waals surface area contributed by atoms with Gasteiger partial charge in [-0.3, -0.25) is 0 Å². The van der Waals surface area contributed by atoms with Crippen LogP contribution in [0.1, 0.15) is 11.3 Å². The number of hydrogen-bond acceptors (Lipinski definition) is 5. The number of nitrogens with one attached hydrogen (secondary N) is 1. The largest absolute Gasteiger partial charge is 0.493 e. The quantitative estimate of drug-likeness (QED) is 0.882. The Labute approximate surface area is 128 Å². The second-order valence-corrected chi connectivity index (χ2v) is 5.18. The molecule has 0 aliphatic carbocycles. The van der Waals surface area contributed by atoms with Crippen molar-refractivity contribution >= 4 is 28.8 Å². The third-order valence-electron chi connectivity index (χ3n) is 3.44. The topological polar surface area (TPSA) is 50.3 Å². The lowest BCUT2D eigenvalue weighted by Gasteiger charge is -2.15. The molecule has 0 atom stereocenters. The SMILES string of the molecule is C=C1c2c(Nc3ncccc3OC)cc(Cl)nc2CN1C. The van der Waals surface area contributed by atoms with Crippen LogP contribution in [0.5, 0.6) is 5.75 Å². The van der Waals surface area contributed by atoms with Crippen LogP contribution < -0.4 is 10.1 Å². The Bertz CT molecular complexity index is 717. The van der Waals surface area contributed by atoms with Gasteiger partial charge in [-0.05, 0) is 18.2 Å². The fourth-order valence-corrected chi connectivity index (χ4v) is 2.60. The van der Waals surface area contributed by atoms with E-state index in [4.69, 9.17) is 16.3 Å². The molecule has 0 radical (unpaired) electrons. The third-order valence-corrected chi connectivity index (χ3v) is 3.64. The van der Waals surface area contributed by atoms with Gasteiger partial charge in [-0.2, -0.15) is 0 Å². The van der Waals surface area contributed by atoms with Gasteiger partial charge < -0.3 is 15.0 Å². The molecule has 21 heavy (non-hydrogen) atoms. The second-order valence-electron chi connectivity index (χ2n) is 4.80. The van der Waals surface area contributed by atoms with Gasteiger partial charge in [-0.15, -0.1) is 0 Å². The molecule has 0 unspecified atom stereocenters. The van der Waals surface area contributed by atoms with Crippen molar-refractivity contribution in [2.24, 2.45) is 0 Å². The van der Waals surface area contributed by atoms with E-state index in [1.165, 1.54) is 0 Å². The molecule has 0 fully saturated rings. The van der Waals surface area contributed by atoms with Crippen molar-refractivity contribution in [2.75, 3.05) is 19.5 Å². The van der Waals surface area contributed by atoms with Gasteiger partial charge in [0, 0.05) is 24.5 Å². The number of halogens is 1.